The lowest BCUT2D eigenvalue weighted by Crippen LogP contribution is -2.39. The van der Waals surface area contributed by atoms with E-state index in [9.17, 15) is 4.79 Å². The summed E-state index contributed by atoms with van der Waals surface area (Å²) >= 11 is 0. The molecule has 3 rings (SSSR count). The number of anilines is 1. The van der Waals surface area contributed by atoms with E-state index in [2.05, 4.69) is 0 Å². The third kappa shape index (κ3) is 4.75. The molecule has 1 aliphatic heterocycles. The molecule has 5 nitrogen and oxygen atoms in total. The van der Waals surface area contributed by atoms with Gasteiger partial charge in [-0.05, 0) is 42.7 Å². The lowest BCUT2D eigenvalue weighted by molar-refractivity contribution is -0.129. The average molecular weight is 377 g/mol. The highest BCUT2D eigenvalue weighted by Gasteiger charge is 2.33. The summed E-state index contributed by atoms with van der Waals surface area (Å²) < 4.78 is 11.0. The number of carbonyl (C=O) groups is 1. The van der Waals surface area contributed by atoms with Crippen molar-refractivity contribution < 1.29 is 14.3 Å². The zero-order chi connectivity index (χ0) is 17.6. The average Bonchev–Trinajstić information content (AvgIpc) is 3.16. The van der Waals surface area contributed by atoms with Gasteiger partial charge in [-0.2, -0.15) is 0 Å². The van der Waals surface area contributed by atoms with Crippen LogP contribution in [0, 0.1) is 0 Å². The van der Waals surface area contributed by atoms with E-state index in [4.69, 9.17) is 15.2 Å². The van der Waals surface area contributed by atoms with Crippen LogP contribution in [0.2, 0.25) is 0 Å². The molecule has 1 heterocycles. The van der Waals surface area contributed by atoms with Gasteiger partial charge in [0, 0.05) is 12.2 Å². The summed E-state index contributed by atoms with van der Waals surface area (Å²) in [7, 11) is 1.63. The molecular formula is C20H25ClN2O3. The van der Waals surface area contributed by atoms with Crippen LogP contribution in [0.3, 0.4) is 0 Å². The Kier molecular flexibility index (Phi) is 7.45. The number of benzene rings is 2. The molecule has 140 valence electrons. The van der Waals surface area contributed by atoms with Crippen LogP contribution in [0.4, 0.5) is 5.69 Å². The monoisotopic (exact) mass is 376 g/mol. The largest absolute Gasteiger partial charge is 0.497 e. The molecule has 2 atom stereocenters. The van der Waals surface area contributed by atoms with E-state index < -0.39 is 6.10 Å². The fraction of sp³-hybridized carbons (Fsp3) is 0.350. The smallest absolute Gasteiger partial charge is 0.256 e. The second-order valence-electron chi connectivity index (χ2n) is 6.17. The third-order valence-electron chi connectivity index (χ3n) is 4.48. The fourth-order valence-electron chi connectivity index (χ4n) is 3.06. The van der Waals surface area contributed by atoms with Crippen molar-refractivity contribution in [2.24, 2.45) is 5.73 Å². The number of halogens is 1. The molecule has 1 amide bonds. The minimum Gasteiger partial charge on any atom is -0.497 e. The summed E-state index contributed by atoms with van der Waals surface area (Å²) in [5.41, 5.74) is 7.57. The maximum atomic E-state index is 13.1. The van der Waals surface area contributed by atoms with Gasteiger partial charge in [0.15, 0.2) is 0 Å². The summed E-state index contributed by atoms with van der Waals surface area (Å²) in [4.78, 5) is 14.9. The molecule has 0 aliphatic carbocycles. The van der Waals surface area contributed by atoms with Crippen LogP contribution >= 0.6 is 12.4 Å². The van der Waals surface area contributed by atoms with Gasteiger partial charge in [0.25, 0.3) is 5.91 Å². The SMILES string of the molecule is COc1ccc(N(Cc2ccccc2)C(=O)[C@@H]2CC[C@H](CN)O2)cc1.Cl. The van der Waals surface area contributed by atoms with Gasteiger partial charge in [0.05, 0.1) is 19.8 Å². The Labute approximate surface area is 160 Å². The minimum atomic E-state index is -0.431. The molecule has 1 aliphatic rings. The van der Waals surface area contributed by atoms with E-state index in [1.54, 1.807) is 12.0 Å². The minimum absolute atomic E-state index is 0. The van der Waals surface area contributed by atoms with Crippen molar-refractivity contribution in [2.75, 3.05) is 18.6 Å². The Morgan fingerprint density at radius 2 is 1.85 bits per heavy atom. The van der Waals surface area contributed by atoms with Crippen LogP contribution in [0.25, 0.3) is 0 Å². The molecule has 0 spiro atoms. The van der Waals surface area contributed by atoms with Crippen LogP contribution in [-0.2, 0) is 16.1 Å². The molecule has 2 aromatic rings. The summed E-state index contributed by atoms with van der Waals surface area (Å²) in [6, 6.07) is 17.5. The number of hydrogen-bond acceptors (Lipinski definition) is 4. The summed E-state index contributed by atoms with van der Waals surface area (Å²) in [5.74, 6) is 0.737. The molecular weight excluding hydrogens is 352 g/mol. The number of amides is 1. The Morgan fingerprint density at radius 3 is 2.42 bits per heavy atom. The van der Waals surface area contributed by atoms with Crippen LogP contribution < -0.4 is 15.4 Å². The Balaban J connectivity index is 0.00000243. The highest BCUT2D eigenvalue weighted by atomic mass is 35.5. The quantitative estimate of drug-likeness (QED) is 0.841. The van der Waals surface area contributed by atoms with Crippen molar-refractivity contribution in [3.05, 3.63) is 60.2 Å². The van der Waals surface area contributed by atoms with E-state index in [0.29, 0.717) is 19.5 Å². The number of nitrogens with two attached hydrogens (primary N) is 1. The molecule has 0 bridgehead atoms. The van der Waals surface area contributed by atoms with E-state index in [0.717, 1.165) is 23.4 Å². The van der Waals surface area contributed by atoms with E-state index >= 15 is 0 Å². The molecule has 26 heavy (non-hydrogen) atoms. The van der Waals surface area contributed by atoms with Crippen LogP contribution in [0.15, 0.2) is 54.6 Å². The first-order valence-electron chi connectivity index (χ1n) is 8.56. The number of nitrogens with zero attached hydrogens (tertiary/aromatic N) is 1. The first-order valence-corrected chi connectivity index (χ1v) is 8.56. The summed E-state index contributed by atoms with van der Waals surface area (Å²) in [6.07, 6.45) is 1.08. The van der Waals surface area contributed by atoms with E-state index in [1.807, 2.05) is 54.6 Å². The highest BCUT2D eigenvalue weighted by Crippen LogP contribution is 2.26. The van der Waals surface area contributed by atoms with Gasteiger partial charge in [-0.1, -0.05) is 30.3 Å². The van der Waals surface area contributed by atoms with Crippen molar-refractivity contribution in [3.8, 4) is 5.75 Å². The molecule has 2 N–H and O–H groups in total. The van der Waals surface area contributed by atoms with Crippen molar-refractivity contribution in [2.45, 2.75) is 31.6 Å². The second-order valence-corrected chi connectivity index (χ2v) is 6.17. The Hall–Kier alpha value is -2.08. The van der Waals surface area contributed by atoms with Crippen LogP contribution in [0.5, 0.6) is 5.75 Å². The lowest BCUT2D eigenvalue weighted by atomic mass is 10.1. The van der Waals surface area contributed by atoms with Crippen LogP contribution in [-0.4, -0.2) is 31.8 Å². The van der Waals surface area contributed by atoms with Gasteiger partial charge in [0.1, 0.15) is 11.9 Å². The number of methoxy groups -OCH3 is 1. The van der Waals surface area contributed by atoms with Crippen molar-refractivity contribution in [1.82, 2.24) is 0 Å². The normalized spacial score (nSPS) is 18.8. The zero-order valence-electron chi connectivity index (χ0n) is 14.8. The Bertz CT molecular complexity index is 694. The number of hydrogen-bond donors (Lipinski definition) is 1. The maximum absolute atomic E-state index is 13.1. The summed E-state index contributed by atoms with van der Waals surface area (Å²) in [6.45, 7) is 0.949. The van der Waals surface area contributed by atoms with Crippen LogP contribution in [0.1, 0.15) is 18.4 Å². The number of rotatable bonds is 6. The van der Waals surface area contributed by atoms with Gasteiger partial charge in [-0.15, -0.1) is 12.4 Å². The predicted molar refractivity (Wildman–Crippen MR) is 105 cm³/mol. The van der Waals surface area contributed by atoms with Gasteiger partial charge in [0.2, 0.25) is 0 Å². The summed E-state index contributed by atoms with van der Waals surface area (Å²) in [5, 5.41) is 0. The molecule has 1 saturated heterocycles. The van der Waals surface area contributed by atoms with Gasteiger partial charge in [-0.25, -0.2) is 0 Å². The topological polar surface area (TPSA) is 64.8 Å². The van der Waals surface area contributed by atoms with E-state index in [-0.39, 0.29) is 24.4 Å². The predicted octanol–water partition coefficient (Wildman–Crippen LogP) is 3.16. The standard InChI is InChI=1S/C20H24N2O3.ClH/c1-24-17-9-7-16(8-10-17)22(14-15-5-3-2-4-6-15)20(23)19-12-11-18(13-21)25-19;/h2-10,18-19H,11-14,21H2,1H3;1H/t18-,19+;/m1./s1. The molecule has 1 fully saturated rings. The molecule has 0 aromatic heterocycles. The Morgan fingerprint density at radius 1 is 1.15 bits per heavy atom. The van der Waals surface area contributed by atoms with Crippen molar-refractivity contribution in [3.63, 3.8) is 0 Å². The van der Waals surface area contributed by atoms with Crippen molar-refractivity contribution in [1.29, 1.82) is 0 Å². The zero-order valence-corrected chi connectivity index (χ0v) is 15.7. The third-order valence-corrected chi connectivity index (χ3v) is 4.48. The van der Waals surface area contributed by atoms with Crippen molar-refractivity contribution >= 4 is 24.0 Å². The fourth-order valence-corrected chi connectivity index (χ4v) is 3.06. The van der Waals surface area contributed by atoms with Gasteiger partial charge in [-0.3, -0.25) is 4.79 Å². The molecule has 0 radical (unpaired) electrons. The maximum Gasteiger partial charge on any atom is 0.256 e. The molecule has 0 unspecified atom stereocenters. The lowest BCUT2D eigenvalue weighted by Gasteiger charge is -2.26. The van der Waals surface area contributed by atoms with Gasteiger partial charge < -0.3 is 20.1 Å². The van der Waals surface area contributed by atoms with E-state index in [1.165, 1.54) is 0 Å². The molecule has 0 saturated carbocycles. The number of ether oxygens (including phenoxy) is 2. The molecule has 2 aromatic carbocycles. The first-order chi connectivity index (χ1) is 12.2. The van der Waals surface area contributed by atoms with Gasteiger partial charge >= 0.3 is 0 Å². The second kappa shape index (κ2) is 9.57. The molecule has 6 heteroatoms. The first kappa shape index (κ1) is 20.2. The number of carbonyl (C=O) groups excluding carboxylic acids is 1. The highest BCUT2D eigenvalue weighted by molar-refractivity contribution is 5.96.